The molecule has 1 heterocycles. The molecule has 0 fully saturated rings. The molecule has 1 aromatic heterocycles. The highest BCUT2D eigenvalue weighted by atomic mass is 16.2. The lowest BCUT2D eigenvalue weighted by Gasteiger charge is -2.10. The second kappa shape index (κ2) is 8.68. The number of hydrogen-bond donors (Lipinski definition) is 2. The standard InChI is InChI=1S/C22H25N5O2/c1-5-17-8-6-7-9-19(17)23-20(28)13-27-16(4)21(25-26-27)22(29)24-18-11-10-14(2)12-15(18)3/h6-12H,5,13H2,1-4H3,(H,23,28)(H,24,29). The molecule has 0 saturated heterocycles. The summed E-state index contributed by atoms with van der Waals surface area (Å²) in [5, 5.41) is 13.7. The molecular formula is C22H25N5O2. The van der Waals surface area contributed by atoms with Crippen molar-refractivity contribution in [3.8, 4) is 0 Å². The maximum atomic E-state index is 12.6. The molecule has 0 bridgehead atoms. The second-order valence-electron chi connectivity index (χ2n) is 7.01. The van der Waals surface area contributed by atoms with Gasteiger partial charge in [0.05, 0.1) is 5.69 Å². The quantitative estimate of drug-likeness (QED) is 0.671. The van der Waals surface area contributed by atoms with Gasteiger partial charge in [-0.1, -0.05) is 48.0 Å². The summed E-state index contributed by atoms with van der Waals surface area (Å²) in [6, 6.07) is 13.5. The summed E-state index contributed by atoms with van der Waals surface area (Å²) in [7, 11) is 0. The zero-order chi connectivity index (χ0) is 21.0. The van der Waals surface area contributed by atoms with Gasteiger partial charge in [0, 0.05) is 11.4 Å². The van der Waals surface area contributed by atoms with Crippen LogP contribution in [0, 0.1) is 20.8 Å². The molecule has 0 unspecified atom stereocenters. The summed E-state index contributed by atoms with van der Waals surface area (Å²) < 4.78 is 1.43. The van der Waals surface area contributed by atoms with Crippen molar-refractivity contribution in [2.45, 2.75) is 40.7 Å². The van der Waals surface area contributed by atoms with Gasteiger partial charge in [-0.2, -0.15) is 0 Å². The average Bonchev–Trinajstić information content (AvgIpc) is 3.04. The van der Waals surface area contributed by atoms with Gasteiger partial charge >= 0.3 is 0 Å². The summed E-state index contributed by atoms with van der Waals surface area (Å²) in [5.41, 5.74) is 5.40. The molecule has 2 amide bonds. The van der Waals surface area contributed by atoms with E-state index in [0.717, 1.165) is 34.5 Å². The van der Waals surface area contributed by atoms with Crippen LogP contribution in [-0.2, 0) is 17.8 Å². The Labute approximate surface area is 170 Å². The summed E-state index contributed by atoms with van der Waals surface area (Å²) >= 11 is 0. The molecule has 0 spiro atoms. The molecule has 0 radical (unpaired) electrons. The van der Waals surface area contributed by atoms with Gasteiger partial charge in [-0.25, -0.2) is 4.68 Å². The van der Waals surface area contributed by atoms with E-state index >= 15 is 0 Å². The summed E-state index contributed by atoms with van der Waals surface area (Å²) in [6.45, 7) is 7.67. The van der Waals surface area contributed by atoms with Gasteiger partial charge in [0.15, 0.2) is 5.69 Å². The Bertz CT molecular complexity index is 1060. The van der Waals surface area contributed by atoms with Crippen molar-refractivity contribution in [3.63, 3.8) is 0 Å². The van der Waals surface area contributed by atoms with Crippen LogP contribution in [0.3, 0.4) is 0 Å². The van der Waals surface area contributed by atoms with Crippen LogP contribution in [0.15, 0.2) is 42.5 Å². The highest BCUT2D eigenvalue weighted by molar-refractivity contribution is 6.04. The van der Waals surface area contributed by atoms with E-state index in [-0.39, 0.29) is 24.1 Å². The summed E-state index contributed by atoms with van der Waals surface area (Å²) in [5.74, 6) is -0.572. The summed E-state index contributed by atoms with van der Waals surface area (Å²) in [4.78, 5) is 25.1. The SMILES string of the molecule is CCc1ccccc1NC(=O)Cn1nnc(C(=O)Nc2ccc(C)cc2C)c1C. The zero-order valence-corrected chi connectivity index (χ0v) is 17.1. The Hall–Kier alpha value is -3.48. The molecular weight excluding hydrogens is 366 g/mol. The molecule has 0 atom stereocenters. The van der Waals surface area contributed by atoms with Crippen molar-refractivity contribution in [1.82, 2.24) is 15.0 Å². The third kappa shape index (κ3) is 4.68. The number of nitrogens with one attached hydrogen (secondary N) is 2. The maximum Gasteiger partial charge on any atom is 0.278 e. The van der Waals surface area contributed by atoms with Crippen LogP contribution in [0.2, 0.25) is 0 Å². The van der Waals surface area contributed by atoms with Gasteiger partial charge in [-0.15, -0.1) is 5.10 Å². The minimum Gasteiger partial charge on any atom is -0.324 e. The van der Waals surface area contributed by atoms with Gasteiger partial charge < -0.3 is 10.6 Å². The van der Waals surface area contributed by atoms with Crippen LogP contribution in [-0.4, -0.2) is 26.8 Å². The lowest BCUT2D eigenvalue weighted by molar-refractivity contribution is -0.117. The van der Waals surface area contributed by atoms with Crippen molar-refractivity contribution in [2.75, 3.05) is 10.6 Å². The van der Waals surface area contributed by atoms with Gasteiger partial charge in [0.1, 0.15) is 6.54 Å². The zero-order valence-electron chi connectivity index (χ0n) is 17.1. The average molecular weight is 391 g/mol. The number of benzene rings is 2. The molecule has 3 aromatic rings. The third-order valence-electron chi connectivity index (χ3n) is 4.79. The smallest absolute Gasteiger partial charge is 0.278 e. The first kappa shape index (κ1) is 20.3. The molecule has 0 aliphatic rings. The van der Waals surface area contributed by atoms with Crippen molar-refractivity contribution in [3.05, 3.63) is 70.5 Å². The number of aryl methyl sites for hydroxylation is 3. The summed E-state index contributed by atoms with van der Waals surface area (Å²) in [6.07, 6.45) is 0.821. The molecule has 3 rings (SSSR count). The Morgan fingerprint density at radius 2 is 1.76 bits per heavy atom. The van der Waals surface area contributed by atoms with E-state index in [0.29, 0.717) is 5.69 Å². The topological polar surface area (TPSA) is 88.9 Å². The molecule has 29 heavy (non-hydrogen) atoms. The lowest BCUT2D eigenvalue weighted by atomic mass is 10.1. The van der Waals surface area contributed by atoms with Gasteiger partial charge in [0.25, 0.3) is 5.91 Å². The monoisotopic (exact) mass is 391 g/mol. The van der Waals surface area contributed by atoms with Crippen LogP contribution in [0.4, 0.5) is 11.4 Å². The number of carbonyl (C=O) groups is 2. The molecule has 0 saturated carbocycles. The predicted octanol–water partition coefficient (Wildman–Crippen LogP) is 3.66. The molecule has 150 valence electrons. The van der Waals surface area contributed by atoms with Crippen LogP contribution in [0.5, 0.6) is 0 Å². The number of amides is 2. The van der Waals surface area contributed by atoms with E-state index < -0.39 is 0 Å². The van der Waals surface area contributed by atoms with Crippen molar-refractivity contribution in [1.29, 1.82) is 0 Å². The lowest BCUT2D eigenvalue weighted by Crippen LogP contribution is -2.21. The molecule has 7 heteroatoms. The maximum absolute atomic E-state index is 12.6. The fourth-order valence-corrected chi connectivity index (χ4v) is 3.13. The Morgan fingerprint density at radius 1 is 1.00 bits per heavy atom. The first-order chi connectivity index (χ1) is 13.9. The van der Waals surface area contributed by atoms with E-state index in [1.54, 1.807) is 6.92 Å². The fraction of sp³-hybridized carbons (Fsp3) is 0.273. The number of rotatable bonds is 6. The van der Waals surface area contributed by atoms with Crippen LogP contribution in [0.25, 0.3) is 0 Å². The van der Waals surface area contributed by atoms with Crippen LogP contribution in [0.1, 0.15) is 39.8 Å². The first-order valence-corrected chi connectivity index (χ1v) is 9.55. The molecule has 0 aliphatic heterocycles. The van der Waals surface area contributed by atoms with E-state index in [1.807, 2.05) is 63.2 Å². The van der Waals surface area contributed by atoms with Gasteiger partial charge in [-0.05, 0) is 50.5 Å². The van der Waals surface area contributed by atoms with E-state index in [9.17, 15) is 9.59 Å². The number of aromatic nitrogens is 3. The normalized spacial score (nSPS) is 10.6. The molecule has 0 aliphatic carbocycles. The largest absolute Gasteiger partial charge is 0.324 e. The van der Waals surface area contributed by atoms with Crippen LogP contribution >= 0.6 is 0 Å². The van der Waals surface area contributed by atoms with Crippen LogP contribution < -0.4 is 10.6 Å². The highest BCUT2D eigenvalue weighted by Crippen LogP contribution is 2.18. The highest BCUT2D eigenvalue weighted by Gasteiger charge is 2.19. The molecule has 2 aromatic carbocycles. The predicted molar refractivity (Wildman–Crippen MR) is 113 cm³/mol. The fourth-order valence-electron chi connectivity index (χ4n) is 3.13. The molecule has 7 nitrogen and oxygen atoms in total. The minimum absolute atomic E-state index is 0.0201. The van der Waals surface area contributed by atoms with Gasteiger partial charge in [0.2, 0.25) is 5.91 Å². The van der Waals surface area contributed by atoms with E-state index in [4.69, 9.17) is 0 Å². The number of carbonyl (C=O) groups excluding carboxylic acids is 2. The van der Waals surface area contributed by atoms with E-state index in [1.165, 1.54) is 4.68 Å². The third-order valence-corrected chi connectivity index (χ3v) is 4.79. The number of nitrogens with zero attached hydrogens (tertiary/aromatic N) is 3. The Balaban J connectivity index is 1.70. The van der Waals surface area contributed by atoms with Crippen molar-refractivity contribution < 1.29 is 9.59 Å². The van der Waals surface area contributed by atoms with E-state index in [2.05, 4.69) is 20.9 Å². The number of hydrogen-bond acceptors (Lipinski definition) is 4. The van der Waals surface area contributed by atoms with Crippen molar-refractivity contribution >= 4 is 23.2 Å². The van der Waals surface area contributed by atoms with Crippen molar-refractivity contribution in [2.24, 2.45) is 0 Å². The number of anilines is 2. The minimum atomic E-state index is -0.350. The Kier molecular flexibility index (Phi) is 6.07. The first-order valence-electron chi connectivity index (χ1n) is 9.55. The molecule has 2 N–H and O–H groups in total. The Morgan fingerprint density at radius 3 is 2.48 bits per heavy atom. The second-order valence-corrected chi connectivity index (χ2v) is 7.01. The van der Waals surface area contributed by atoms with Gasteiger partial charge in [-0.3, -0.25) is 9.59 Å². The number of para-hydroxylation sites is 1.